The van der Waals surface area contributed by atoms with Gasteiger partial charge in [-0.3, -0.25) is 15.0 Å². The third kappa shape index (κ3) is 5.79. The Morgan fingerprint density at radius 1 is 1.35 bits per heavy atom. The Hall–Kier alpha value is -3.45. The molecule has 0 saturated carbocycles. The number of rotatable bonds is 9. The normalized spacial score (nSPS) is 15.6. The van der Waals surface area contributed by atoms with E-state index in [1.807, 2.05) is 37.3 Å². The molecule has 0 spiro atoms. The molecule has 3 N–H and O–H groups in total. The van der Waals surface area contributed by atoms with Gasteiger partial charge >= 0.3 is 0 Å². The number of anilines is 1. The van der Waals surface area contributed by atoms with Gasteiger partial charge < -0.3 is 15.3 Å². The maximum atomic E-state index is 9.17. The molecule has 3 rings (SSSR count). The molecule has 1 aliphatic rings. The number of hydrogen-bond acceptors (Lipinski definition) is 6. The number of nitrogens with one attached hydrogen (secondary N) is 2. The highest BCUT2D eigenvalue weighted by atomic mass is 16.5. The summed E-state index contributed by atoms with van der Waals surface area (Å²) in [6.45, 7) is 5.30. The summed E-state index contributed by atoms with van der Waals surface area (Å²) in [6, 6.07) is 6.00. The molecular weight excluding hydrogens is 390 g/mol. The molecule has 1 heterocycles. The van der Waals surface area contributed by atoms with Gasteiger partial charge in [0, 0.05) is 30.3 Å². The van der Waals surface area contributed by atoms with Gasteiger partial charge in [-0.2, -0.15) is 0 Å². The van der Waals surface area contributed by atoms with Crippen LogP contribution in [0.3, 0.4) is 0 Å². The van der Waals surface area contributed by atoms with E-state index in [-0.39, 0.29) is 5.49 Å². The predicted molar refractivity (Wildman–Crippen MR) is 123 cm³/mol. The lowest BCUT2D eigenvalue weighted by Gasteiger charge is -2.16. The summed E-state index contributed by atoms with van der Waals surface area (Å²) in [6.07, 6.45) is 15.6. The first-order chi connectivity index (χ1) is 15.2. The van der Waals surface area contributed by atoms with Crippen LogP contribution in [0.5, 0.6) is 0 Å². The number of oxime groups is 1. The van der Waals surface area contributed by atoms with E-state index in [9.17, 15) is 5.21 Å². The van der Waals surface area contributed by atoms with Crippen LogP contribution in [0.15, 0.2) is 71.8 Å². The number of aryl methyl sites for hydroxylation is 1. The van der Waals surface area contributed by atoms with Gasteiger partial charge in [0.1, 0.15) is 11.3 Å². The van der Waals surface area contributed by atoms with E-state index >= 15 is 0 Å². The van der Waals surface area contributed by atoms with E-state index in [1.54, 1.807) is 17.0 Å². The zero-order chi connectivity index (χ0) is 22.1. The number of fused-ring (bicyclic) bond motifs is 1. The maximum Gasteiger partial charge on any atom is 0.149 e. The lowest BCUT2D eigenvalue weighted by Crippen LogP contribution is -2.22. The third-order valence-electron chi connectivity index (χ3n) is 4.93. The van der Waals surface area contributed by atoms with Crippen LogP contribution in [0.1, 0.15) is 37.8 Å². The summed E-state index contributed by atoms with van der Waals surface area (Å²) in [5.74, 6) is 0.738. The first kappa shape index (κ1) is 22.2. The van der Waals surface area contributed by atoms with Gasteiger partial charge in [-0.15, -0.1) is 0 Å². The summed E-state index contributed by atoms with van der Waals surface area (Å²) >= 11 is 0. The lowest BCUT2D eigenvalue weighted by molar-refractivity contribution is 0.177. The minimum Gasteiger partial charge on any atom is -0.411 e. The first-order valence-electron chi connectivity index (χ1n) is 10.5. The van der Waals surface area contributed by atoms with E-state index < -0.39 is 0 Å². The Balaban J connectivity index is 1.97. The van der Waals surface area contributed by atoms with Crippen molar-refractivity contribution in [1.29, 1.82) is 5.41 Å². The second-order valence-electron chi connectivity index (χ2n) is 7.08. The highest BCUT2D eigenvalue weighted by molar-refractivity contribution is 6.04. The third-order valence-corrected chi connectivity index (χ3v) is 4.93. The van der Waals surface area contributed by atoms with Crippen molar-refractivity contribution in [1.82, 2.24) is 9.55 Å². The lowest BCUT2D eigenvalue weighted by atomic mass is 10.1. The number of allylic oxidation sites excluding steroid dienone is 4. The van der Waals surface area contributed by atoms with Gasteiger partial charge in [-0.1, -0.05) is 36.4 Å². The molecule has 7 nitrogen and oxygen atoms in total. The van der Waals surface area contributed by atoms with Crippen molar-refractivity contribution in [3.05, 3.63) is 83.3 Å². The Labute approximate surface area is 182 Å². The average molecular weight is 420 g/mol. The Bertz CT molecular complexity index is 1080. The molecule has 0 radical (unpaired) electrons. The first-order valence-corrected chi connectivity index (χ1v) is 10.5. The van der Waals surface area contributed by atoms with Crippen LogP contribution in [-0.4, -0.2) is 33.7 Å². The fourth-order valence-corrected chi connectivity index (χ4v) is 3.48. The molecular formula is C24H29N5O2. The fraction of sp³-hybridized carbons (Fsp3) is 0.292. The highest BCUT2D eigenvalue weighted by Gasteiger charge is 2.18. The van der Waals surface area contributed by atoms with Crippen LogP contribution in [0.4, 0.5) is 5.69 Å². The van der Waals surface area contributed by atoms with Crippen LogP contribution in [0.2, 0.25) is 0 Å². The summed E-state index contributed by atoms with van der Waals surface area (Å²) < 4.78 is 7.16. The molecule has 0 saturated heterocycles. The van der Waals surface area contributed by atoms with Gasteiger partial charge in [-0.25, -0.2) is 0 Å². The van der Waals surface area contributed by atoms with E-state index in [2.05, 4.69) is 34.5 Å². The quantitative estimate of drug-likeness (QED) is 0.244. The van der Waals surface area contributed by atoms with Crippen molar-refractivity contribution >= 4 is 17.2 Å². The molecule has 0 amide bonds. The van der Waals surface area contributed by atoms with Gasteiger partial charge in [0.15, 0.2) is 0 Å². The molecule has 1 aliphatic carbocycles. The molecule has 31 heavy (non-hydrogen) atoms. The molecule has 0 aliphatic heterocycles. The van der Waals surface area contributed by atoms with Crippen molar-refractivity contribution in [2.24, 2.45) is 5.16 Å². The molecule has 1 aromatic carbocycles. The van der Waals surface area contributed by atoms with Crippen LogP contribution in [0.25, 0.3) is 5.82 Å². The van der Waals surface area contributed by atoms with Crippen molar-refractivity contribution in [3.8, 4) is 0 Å². The molecule has 0 fully saturated rings. The molecule has 0 atom stereocenters. The van der Waals surface area contributed by atoms with Gasteiger partial charge in [0.05, 0.1) is 18.5 Å². The highest BCUT2D eigenvalue weighted by Crippen LogP contribution is 2.27. The minimum atomic E-state index is 0.270. The zero-order valence-electron chi connectivity index (χ0n) is 18.0. The second kappa shape index (κ2) is 11.1. The van der Waals surface area contributed by atoms with Crippen molar-refractivity contribution < 1.29 is 9.94 Å². The Morgan fingerprint density at radius 2 is 2.23 bits per heavy atom. The second-order valence-corrected chi connectivity index (χ2v) is 7.08. The Morgan fingerprint density at radius 3 is 2.97 bits per heavy atom. The summed E-state index contributed by atoms with van der Waals surface area (Å²) in [4.78, 5) is 4.04. The van der Waals surface area contributed by atoms with Crippen molar-refractivity contribution in [2.75, 3.05) is 18.5 Å². The van der Waals surface area contributed by atoms with Gasteiger partial charge in [0.25, 0.3) is 0 Å². The molecule has 2 aromatic rings. The largest absolute Gasteiger partial charge is 0.411 e. The van der Waals surface area contributed by atoms with Crippen LogP contribution in [-0.2, 0) is 11.2 Å². The van der Waals surface area contributed by atoms with E-state index in [0.717, 1.165) is 53.2 Å². The number of ether oxygens (including phenoxy) is 1. The van der Waals surface area contributed by atoms with E-state index in [1.165, 1.54) is 6.20 Å². The van der Waals surface area contributed by atoms with Crippen molar-refractivity contribution in [2.45, 2.75) is 33.1 Å². The molecule has 0 bridgehead atoms. The topological polar surface area (TPSA) is 95.5 Å². The predicted octanol–water partition coefficient (Wildman–Crippen LogP) is 4.33. The minimum absolute atomic E-state index is 0.270. The summed E-state index contributed by atoms with van der Waals surface area (Å²) in [5.41, 5.74) is 5.05. The van der Waals surface area contributed by atoms with Gasteiger partial charge in [0.2, 0.25) is 0 Å². The van der Waals surface area contributed by atoms with E-state index in [4.69, 9.17) is 10.1 Å². The number of hydrogen-bond donors (Lipinski definition) is 3. The molecule has 162 valence electrons. The number of nitrogens with zero attached hydrogens (tertiary/aromatic N) is 3. The maximum absolute atomic E-state index is 9.17. The molecule has 1 aromatic heterocycles. The SMILES string of the molecule is CC/C=C(\C=C/COCC)/C=C(\Nc1ccc2c(c1)CC/C2=N\O)n1ccncc1=N. The monoisotopic (exact) mass is 419 g/mol. The number of aromatic nitrogens is 2. The number of benzene rings is 1. The molecule has 0 unspecified atom stereocenters. The smallest absolute Gasteiger partial charge is 0.149 e. The average Bonchev–Trinajstić information content (AvgIpc) is 3.19. The summed E-state index contributed by atoms with van der Waals surface area (Å²) in [5, 5.41) is 24.3. The fourth-order valence-electron chi connectivity index (χ4n) is 3.48. The standard InChI is InChI=1S/C24H29N5O2/c1-3-6-18(7-5-14-31-4-2)15-24(29-13-12-26-17-23(29)25)27-20-9-10-21-19(16-20)8-11-22(21)28-30/h5-7,9-10,12-13,15-17,25,27,30H,3-4,8,11,14H2,1-2H3/b7-5-,18-6+,24-15+,25-23?,28-22+. The van der Waals surface area contributed by atoms with Crippen LogP contribution in [0, 0.1) is 5.41 Å². The zero-order valence-corrected chi connectivity index (χ0v) is 18.0. The van der Waals surface area contributed by atoms with Gasteiger partial charge in [-0.05, 0) is 55.5 Å². The molecule has 7 heteroatoms. The summed E-state index contributed by atoms with van der Waals surface area (Å²) in [7, 11) is 0. The van der Waals surface area contributed by atoms with Crippen molar-refractivity contribution in [3.63, 3.8) is 0 Å². The Kier molecular flexibility index (Phi) is 7.95. The van der Waals surface area contributed by atoms with E-state index in [0.29, 0.717) is 13.2 Å². The van der Waals surface area contributed by atoms with Crippen LogP contribution >= 0.6 is 0 Å². The van der Waals surface area contributed by atoms with Crippen LogP contribution < -0.4 is 10.8 Å².